The molecule has 2 nitrogen and oxygen atoms in total. The predicted molar refractivity (Wildman–Crippen MR) is 66.0 cm³/mol. The van der Waals surface area contributed by atoms with Crippen molar-refractivity contribution >= 4 is 11.3 Å². The number of thiophene rings is 1. The molecule has 3 heteroatoms. The highest BCUT2D eigenvalue weighted by Crippen LogP contribution is 2.18. The molecule has 0 aromatic carbocycles. The third kappa shape index (κ3) is 3.30. The van der Waals surface area contributed by atoms with Gasteiger partial charge in [0.2, 0.25) is 0 Å². The number of nitrogens with two attached hydrogens (primary N) is 1. The second kappa shape index (κ2) is 5.64. The molecule has 15 heavy (non-hydrogen) atoms. The van der Waals surface area contributed by atoms with Gasteiger partial charge in [-0.1, -0.05) is 12.8 Å². The van der Waals surface area contributed by atoms with Crippen LogP contribution < -0.4 is 5.73 Å². The standard InChI is InChI=1S/C12H20N2S/c13-8-11-7-12(15-10-11)9-14-5-3-1-2-4-6-14/h7,10H,1-6,8-9,13H2. The summed E-state index contributed by atoms with van der Waals surface area (Å²) in [5.74, 6) is 0. The lowest BCUT2D eigenvalue weighted by molar-refractivity contribution is 0.279. The molecule has 2 N–H and O–H groups in total. The molecule has 1 aromatic heterocycles. The van der Waals surface area contributed by atoms with E-state index in [4.69, 9.17) is 5.73 Å². The fourth-order valence-corrected chi connectivity index (χ4v) is 3.07. The van der Waals surface area contributed by atoms with E-state index in [0.29, 0.717) is 6.54 Å². The molecule has 0 aliphatic carbocycles. The van der Waals surface area contributed by atoms with Gasteiger partial charge in [0.25, 0.3) is 0 Å². The summed E-state index contributed by atoms with van der Waals surface area (Å²) < 4.78 is 0. The number of rotatable bonds is 3. The van der Waals surface area contributed by atoms with Gasteiger partial charge in [0, 0.05) is 18.0 Å². The fraction of sp³-hybridized carbons (Fsp3) is 0.667. The minimum Gasteiger partial charge on any atom is -0.326 e. The summed E-state index contributed by atoms with van der Waals surface area (Å²) in [6.45, 7) is 4.35. The van der Waals surface area contributed by atoms with Crippen LogP contribution in [0.15, 0.2) is 11.4 Å². The molecule has 0 bridgehead atoms. The van der Waals surface area contributed by atoms with Gasteiger partial charge < -0.3 is 5.73 Å². The van der Waals surface area contributed by atoms with E-state index in [0.717, 1.165) is 6.54 Å². The van der Waals surface area contributed by atoms with Crippen LogP contribution in [-0.2, 0) is 13.1 Å². The van der Waals surface area contributed by atoms with E-state index in [2.05, 4.69) is 16.3 Å². The normalized spacial score (nSPS) is 19.0. The summed E-state index contributed by atoms with van der Waals surface area (Å²) in [5, 5.41) is 2.19. The first-order valence-electron chi connectivity index (χ1n) is 5.87. The number of hydrogen-bond donors (Lipinski definition) is 1. The highest BCUT2D eigenvalue weighted by Gasteiger charge is 2.10. The predicted octanol–water partition coefficient (Wildman–Crippen LogP) is 2.58. The first-order valence-corrected chi connectivity index (χ1v) is 6.75. The van der Waals surface area contributed by atoms with Crippen LogP contribution in [0.2, 0.25) is 0 Å². The van der Waals surface area contributed by atoms with E-state index in [9.17, 15) is 0 Å². The maximum Gasteiger partial charge on any atom is 0.0328 e. The first kappa shape index (κ1) is 11.1. The van der Waals surface area contributed by atoms with Crippen molar-refractivity contribution in [1.29, 1.82) is 0 Å². The van der Waals surface area contributed by atoms with Crippen LogP contribution in [0.5, 0.6) is 0 Å². The van der Waals surface area contributed by atoms with E-state index in [1.807, 2.05) is 11.3 Å². The Balaban J connectivity index is 1.89. The van der Waals surface area contributed by atoms with E-state index in [1.54, 1.807) is 0 Å². The van der Waals surface area contributed by atoms with Crippen LogP contribution in [-0.4, -0.2) is 18.0 Å². The van der Waals surface area contributed by atoms with Crippen LogP contribution in [0.3, 0.4) is 0 Å². The van der Waals surface area contributed by atoms with Crippen LogP contribution in [0.4, 0.5) is 0 Å². The largest absolute Gasteiger partial charge is 0.326 e. The monoisotopic (exact) mass is 224 g/mol. The van der Waals surface area contributed by atoms with E-state index >= 15 is 0 Å². The fourth-order valence-electron chi connectivity index (χ4n) is 2.13. The smallest absolute Gasteiger partial charge is 0.0328 e. The maximum atomic E-state index is 5.61. The van der Waals surface area contributed by atoms with Gasteiger partial charge in [-0.3, -0.25) is 4.90 Å². The topological polar surface area (TPSA) is 29.3 Å². The molecule has 0 amide bonds. The van der Waals surface area contributed by atoms with Crippen LogP contribution >= 0.6 is 11.3 Å². The SMILES string of the molecule is NCc1csc(CN2CCCCCC2)c1. The molecule has 0 unspecified atom stereocenters. The molecule has 0 radical (unpaired) electrons. The Hall–Kier alpha value is -0.380. The molecule has 1 aliphatic heterocycles. The Morgan fingerprint density at radius 2 is 1.93 bits per heavy atom. The Labute approximate surface area is 96.1 Å². The molecule has 1 aromatic rings. The molecule has 1 saturated heterocycles. The summed E-state index contributed by atoms with van der Waals surface area (Å²) in [6, 6.07) is 2.26. The second-order valence-electron chi connectivity index (χ2n) is 4.32. The molecular formula is C12H20N2S. The van der Waals surface area contributed by atoms with E-state index < -0.39 is 0 Å². The summed E-state index contributed by atoms with van der Waals surface area (Å²) in [5.41, 5.74) is 6.90. The van der Waals surface area contributed by atoms with E-state index in [1.165, 1.54) is 49.2 Å². The third-order valence-electron chi connectivity index (χ3n) is 3.02. The van der Waals surface area contributed by atoms with Gasteiger partial charge in [-0.05, 0) is 42.9 Å². The Bertz CT molecular complexity index is 288. The van der Waals surface area contributed by atoms with Crippen molar-refractivity contribution in [3.8, 4) is 0 Å². The van der Waals surface area contributed by atoms with Gasteiger partial charge in [-0.2, -0.15) is 0 Å². The van der Waals surface area contributed by atoms with Gasteiger partial charge in [0.05, 0.1) is 0 Å². The molecule has 2 heterocycles. The molecule has 0 saturated carbocycles. The highest BCUT2D eigenvalue weighted by molar-refractivity contribution is 7.10. The quantitative estimate of drug-likeness (QED) is 0.855. The van der Waals surface area contributed by atoms with Gasteiger partial charge in [-0.25, -0.2) is 0 Å². The van der Waals surface area contributed by atoms with Gasteiger partial charge in [0.1, 0.15) is 0 Å². The molecule has 0 spiro atoms. The van der Waals surface area contributed by atoms with Crippen molar-refractivity contribution in [2.75, 3.05) is 13.1 Å². The summed E-state index contributed by atoms with van der Waals surface area (Å²) in [4.78, 5) is 4.05. The summed E-state index contributed by atoms with van der Waals surface area (Å²) >= 11 is 1.85. The van der Waals surface area contributed by atoms with Gasteiger partial charge in [-0.15, -0.1) is 11.3 Å². The minimum absolute atomic E-state index is 0.677. The lowest BCUT2D eigenvalue weighted by Crippen LogP contribution is -2.23. The minimum atomic E-state index is 0.677. The molecule has 1 aliphatic rings. The Morgan fingerprint density at radius 3 is 2.53 bits per heavy atom. The van der Waals surface area contributed by atoms with Crippen molar-refractivity contribution in [3.05, 3.63) is 21.9 Å². The Kier molecular flexibility index (Phi) is 4.18. The van der Waals surface area contributed by atoms with E-state index in [-0.39, 0.29) is 0 Å². The number of nitrogens with zero attached hydrogens (tertiary/aromatic N) is 1. The average Bonchev–Trinajstić information content (AvgIpc) is 2.54. The lowest BCUT2D eigenvalue weighted by atomic mass is 10.2. The molecular weight excluding hydrogens is 204 g/mol. The number of likely N-dealkylation sites (tertiary alicyclic amines) is 1. The third-order valence-corrected chi connectivity index (χ3v) is 3.99. The maximum absolute atomic E-state index is 5.61. The molecule has 0 atom stereocenters. The van der Waals surface area contributed by atoms with Crippen molar-refractivity contribution in [3.63, 3.8) is 0 Å². The zero-order chi connectivity index (χ0) is 10.5. The van der Waals surface area contributed by atoms with Crippen molar-refractivity contribution in [2.45, 2.75) is 38.8 Å². The zero-order valence-corrected chi connectivity index (χ0v) is 10.1. The van der Waals surface area contributed by atoms with Crippen molar-refractivity contribution in [1.82, 2.24) is 4.90 Å². The zero-order valence-electron chi connectivity index (χ0n) is 9.24. The summed E-state index contributed by atoms with van der Waals surface area (Å²) in [6.07, 6.45) is 5.56. The van der Waals surface area contributed by atoms with Gasteiger partial charge in [0.15, 0.2) is 0 Å². The average molecular weight is 224 g/mol. The van der Waals surface area contributed by atoms with Crippen LogP contribution in [0, 0.1) is 0 Å². The lowest BCUT2D eigenvalue weighted by Gasteiger charge is -2.18. The van der Waals surface area contributed by atoms with Gasteiger partial charge >= 0.3 is 0 Å². The second-order valence-corrected chi connectivity index (χ2v) is 5.31. The highest BCUT2D eigenvalue weighted by atomic mass is 32.1. The number of hydrogen-bond acceptors (Lipinski definition) is 3. The van der Waals surface area contributed by atoms with Crippen molar-refractivity contribution in [2.24, 2.45) is 5.73 Å². The first-order chi connectivity index (χ1) is 7.38. The van der Waals surface area contributed by atoms with Crippen molar-refractivity contribution < 1.29 is 0 Å². The van der Waals surface area contributed by atoms with Crippen LogP contribution in [0.25, 0.3) is 0 Å². The van der Waals surface area contributed by atoms with Crippen LogP contribution in [0.1, 0.15) is 36.1 Å². The summed E-state index contributed by atoms with van der Waals surface area (Å²) in [7, 11) is 0. The Morgan fingerprint density at radius 1 is 1.20 bits per heavy atom. The molecule has 84 valence electrons. The molecule has 1 fully saturated rings. The molecule has 2 rings (SSSR count).